The van der Waals surface area contributed by atoms with Gasteiger partial charge in [0.25, 0.3) is 0 Å². The highest BCUT2D eigenvalue weighted by atomic mass is 35.5. The molecule has 0 amide bonds. The van der Waals surface area contributed by atoms with Gasteiger partial charge in [-0.3, -0.25) is 4.68 Å². The Morgan fingerprint density at radius 2 is 2.05 bits per heavy atom. The molecule has 0 fully saturated rings. The summed E-state index contributed by atoms with van der Waals surface area (Å²) in [6.07, 6.45) is 3.61. The zero-order chi connectivity index (χ0) is 14.7. The lowest BCUT2D eigenvalue weighted by Crippen LogP contribution is -2.04. The minimum atomic E-state index is 0.653. The van der Waals surface area contributed by atoms with Crippen LogP contribution in [0.2, 0.25) is 5.02 Å². The largest absolute Gasteiger partial charge is 0.493 e. The van der Waals surface area contributed by atoms with Crippen molar-refractivity contribution in [3.8, 4) is 5.75 Å². The summed E-state index contributed by atoms with van der Waals surface area (Å²) in [5, 5.41) is 8.87. The lowest BCUT2D eigenvalue weighted by Gasteiger charge is -2.16. The van der Waals surface area contributed by atoms with Crippen molar-refractivity contribution in [3.05, 3.63) is 39.7 Å². The van der Waals surface area contributed by atoms with E-state index in [4.69, 9.17) is 16.3 Å². The van der Waals surface area contributed by atoms with E-state index in [-0.39, 0.29) is 0 Å². The fourth-order valence-corrected chi connectivity index (χ4v) is 2.60. The van der Waals surface area contributed by atoms with Crippen LogP contribution in [0.1, 0.15) is 29.3 Å². The zero-order valence-electron chi connectivity index (χ0n) is 12.4. The van der Waals surface area contributed by atoms with Gasteiger partial charge in [-0.15, -0.1) is 5.10 Å². The van der Waals surface area contributed by atoms with Crippen molar-refractivity contribution in [2.75, 3.05) is 6.61 Å². The van der Waals surface area contributed by atoms with Crippen LogP contribution in [0.25, 0.3) is 0 Å². The molecule has 5 heteroatoms. The Morgan fingerprint density at radius 1 is 1.30 bits per heavy atom. The van der Waals surface area contributed by atoms with Crippen LogP contribution >= 0.6 is 11.6 Å². The molecule has 1 aromatic carbocycles. The maximum atomic E-state index is 6.29. The van der Waals surface area contributed by atoms with Crippen LogP contribution in [0.5, 0.6) is 5.75 Å². The highest BCUT2D eigenvalue weighted by Gasteiger charge is 2.14. The molecule has 0 N–H and O–H groups in total. The number of aryl methyl sites for hydroxylation is 3. The van der Waals surface area contributed by atoms with Crippen molar-refractivity contribution in [3.63, 3.8) is 0 Å². The van der Waals surface area contributed by atoms with Gasteiger partial charge < -0.3 is 4.74 Å². The van der Waals surface area contributed by atoms with E-state index in [0.717, 1.165) is 40.4 Å². The van der Waals surface area contributed by atoms with Crippen molar-refractivity contribution in [2.45, 2.75) is 33.6 Å². The summed E-state index contributed by atoms with van der Waals surface area (Å²) in [5.74, 6) is 0.957. The van der Waals surface area contributed by atoms with E-state index >= 15 is 0 Å². The molecular formula is C15H20ClN3O. The highest BCUT2D eigenvalue weighted by molar-refractivity contribution is 6.31. The zero-order valence-corrected chi connectivity index (χ0v) is 13.2. The smallest absolute Gasteiger partial charge is 0.125 e. The minimum Gasteiger partial charge on any atom is -0.493 e. The molecule has 0 unspecified atom stereocenters. The van der Waals surface area contributed by atoms with Crippen molar-refractivity contribution >= 4 is 11.6 Å². The van der Waals surface area contributed by atoms with Gasteiger partial charge in [-0.25, -0.2) is 0 Å². The summed E-state index contributed by atoms with van der Waals surface area (Å²) in [7, 11) is 1.87. The quantitative estimate of drug-likeness (QED) is 0.849. The summed E-state index contributed by atoms with van der Waals surface area (Å²) in [6, 6.07) is 1.97. The summed E-state index contributed by atoms with van der Waals surface area (Å²) >= 11 is 6.29. The second kappa shape index (κ2) is 6.27. The maximum Gasteiger partial charge on any atom is 0.125 e. The van der Waals surface area contributed by atoms with Crippen molar-refractivity contribution in [2.24, 2.45) is 7.05 Å². The molecule has 0 saturated carbocycles. The van der Waals surface area contributed by atoms with Crippen LogP contribution in [0, 0.1) is 13.8 Å². The molecule has 0 aliphatic carbocycles. The molecule has 0 atom stereocenters. The summed E-state index contributed by atoms with van der Waals surface area (Å²) in [6.45, 7) is 6.72. The topological polar surface area (TPSA) is 39.9 Å². The van der Waals surface area contributed by atoms with Gasteiger partial charge in [-0.1, -0.05) is 16.8 Å². The van der Waals surface area contributed by atoms with Crippen LogP contribution < -0.4 is 4.74 Å². The summed E-state index contributed by atoms with van der Waals surface area (Å²) in [5.41, 5.74) is 4.32. The molecule has 2 aromatic rings. The second-order valence-electron chi connectivity index (χ2n) is 4.92. The average Bonchev–Trinajstić information content (AvgIpc) is 2.81. The number of hydrogen-bond donors (Lipinski definition) is 0. The third kappa shape index (κ3) is 3.12. The Balaban J connectivity index is 2.28. The predicted octanol–water partition coefficient (Wildman–Crippen LogP) is 3.27. The molecular weight excluding hydrogens is 274 g/mol. The van der Waals surface area contributed by atoms with Crippen LogP contribution in [-0.2, 0) is 19.9 Å². The highest BCUT2D eigenvalue weighted by Crippen LogP contribution is 2.33. The van der Waals surface area contributed by atoms with Crippen molar-refractivity contribution in [1.29, 1.82) is 0 Å². The first-order chi connectivity index (χ1) is 9.52. The molecule has 0 saturated heterocycles. The van der Waals surface area contributed by atoms with E-state index in [1.807, 2.05) is 40.1 Å². The van der Waals surface area contributed by atoms with Crippen LogP contribution in [0.3, 0.4) is 0 Å². The molecule has 0 radical (unpaired) electrons. The SMILES string of the molecule is CCOc1c(C)cc(Cl)c(C)c1CCc1cn(C)nn1. The molecule has 1 heterocycles. The van der Waals surface area contributed by atoms with E-state index in [1.54, 1.807) is 4.68 Å². The molecule has 4 nitrogen and oxygen atoms in total. The lowest BCUT2D eigenvalue weighted by atomic mass is 9.98. The average molecular weight is 294 g/mol. The number of benzene rings is 1. The van der Waals surface area contributed by atoms with Crippen LogP contribution in [-0.4, -0.2) is 21.6 Å². The van der Waals surface area contributed by atoms with Gasteiger partial charge in [-0.2, -0.15) is 0 Å². The monoisotopic (exact) mass is 293 g/mol. The van der Waals surface area contributed by atoms with E-state index in [9.17, 15) is 0 Å². The Kier molecular flexibility index (Phi) is 4.65. The molecule has 1 aromatic heterocycles. The van der Waals surface area contributed by atoms with Gasteiger partial charge in [0.15, 0.2) is 0 Å². The van der Waals surface area contributed by atoms with Crippen LogP contribution in [0.15, 0.2) is 12.3 Å². The second-order valence-corrected chi connectivity index (χ2v) is 5.33. The lowest BCUT2D eigenvalue weighted by molar-refractivity contribution is 0.333. The number of nitrogens with zero attached hydrogens (tertiary/aromatic N) is 3. The Morgan fingerprint density at radius 3 is 2.65 bits per heavy atom. The van der Waals surface area contributed by atoms with Crippen LogP contribution in [0.4, 0.5) is 0 Å². The molecule has 0 aliphatic heterocycles. The first kappa shape index (κ1) is 14.9. The standard InChI is InChI=1S/C15H20ClN3O/c1-5-20-15-10(2)8-14(16)11(3)13(15)7-6-12-9-19(4)18-17-12/h8-9H,5-7H2,1-4H3. The van der Waals surface area contributed by atoms with Gasteiger partial charge in [0.2, 0.25) is 0 Å². The fourth-order valence-electron chi connectivity index (χ4n) is 2.33. The molecule has 0 bridgehead atoms. The molecule has 0 aliphatic rings. The number of halogens is 1. The number of hydrogen-bond acceptors (Lipinski definition) is 3. The number of aromatic nitrogens is 3. The number of rotatable bonds is 5. The van der Waals surface area contributed by atoms with E-state index in [0.29, 0.717) is 6.61 Å². The van der Waals surface area contributed by atoms with E-state index in [2.05, 4.69) is 10.3 Å². The van der Waals surface area contributed by atoms with Crippen molar-refractivity contribution in [1.82, 2.24) is 15.0 Å². The molecule has 20 heavy (non-hydrogen) atoms. The van der Waals surface area contributed by atoms with Gasteiger partial charge in [-0.05, 0) is 56.4 Å². The molecule has 2 rings (SSSR count). The van der Waals surface area contributed by atoms with Gasteiger partial charge >= 0.3 is 0 Å². The van der Waals surface area contributed by atoms with Gasteiger partial charge in [0.05, 0.1) is 12.3 Å². The normalized spacial score (nSPS) is 10.8. The maximum absolute atomic E-state index is 6.29. The first-order valence-corrected chi connectivity index (χ1v) is 7.17. The van der Waals surface area contributed by atoms with Gasteiger partial charge in [0, 0.05) is 18.3 Å². The van der Waals surface area contributed by atoms with Gasteiger partial charge in [0.1, 0.15) is 5.75 Å². The van der Waals surface area contributed by atoms with Crippen molar-refractivity contribution < 1.29 is 4.74 Å². The Labute approximate surface area is 124 Å². The van der Waals surface area contributed by atoms with E-state index < -0.39 is 0 Å². The Bertz CT molecular complexity index is 607. The molecule has 108 valence electrons. The molecule has 0 spiro atoms. The minimum absolute atomic E-state index is 0.653. The summed E-state index contributed by atoms with van der Waals surface area (Å²) < 4.78 is 7.51. The first-order valence-electron chi connectivity index (χ1n) is 6.79. The number of ether oxygens (including phenoxy) is 1. The van der Waals surface area contributed by atoms with E-state index in [1.165, 1.54) is 5.56 Å². The summed E-state index contributed by atoms with van der Waals surface area (Å²) in [4.78, 5) is 0. The fraction of sp³-hybridized carbons (Fsp3) is 0.467. The third-order valence-electron chi connectivity index (χ3n) is 3.36. The third-order valence-corrected chi connectivity index (χ3v) is 3.75. The Hall–Kier alpha value is -1.55. The predicted molar refractivity (Wildman–Crippen MR) is 80.5 cm³/mol.